The summed E-state index contributed by atoms with van der Waals surface area (Å²) in [5.74, 6) is -1.55. The summed E-state index contributed by atoms with van der Waals surface area (Å²) in [7, 11) is 0. The Morgan fingerprint density at radius 2 is 1.70 bits per heavy atom. The van der Waals surface area contributed by atoms with Crippen LogP contribution in [-0.2, 0) is 0 Å². The Hall–Kier alpha value is -1.93. The number of hydrogen-bond acceptors (Lipinski definition) is 2. The molecule has 1 unspecified atom stereocenters. The van der Waals surface area contributed by atoms with Gasteiger partial charge in [-0.1, -0.05) is 28.1 Å². The van der Waals surface area contributed by atoms with E-state index in [1.54, 1.807) is 13.0 Å². The highest BCUT2D eigenvalue weighted by molar-refractivity contribution is 9.10. The number of halogens is 3. The van der Waals surface area contributed by atoms with Gasteiger partial charge in [0.25, 0.3) is 0 Å². The van der Waals surface area contributed by atoms with Crippen molar-refractivity contribution in [3.05, 3.63) is 63.6 Å². The highest BCUT2D eigenvalue weighted by atomic mass is 79.9. The SMILES string of the molecule is CC(Nc1c(F)cc(C#N)cc1F)c1ccc(Br)cc1. The molecule has 0 fully saturated rings. The van der Waals surface area contributed by atoms with Crippen LogP contribution >= 0.6 is 15.9 Å². The molecule has 0 aliphatic rings. The Morgan fingerprint density at radius 1 is 1.15 bits per heavy atom. The monoisotopic (exact) mass is 336 g/mol. The van der Waals surface area contributed by atoms with Crippen molar-refractivity contribution in [2.24, 2.45) is 0 Å². The summed E-state index contributed by atoms with van der Waals surface area (Å²) in [6.45, 7) is 1.81. The molecule has 0 saturated heterocycles. The van der Waals surface area contributed by atoms with E-state index in [-0.39, 0.29) is 17.3 Å². The molecule has 0 spiro atoms. The van der Waals surface area contributed by atoms with Gasteiger partial charge in [-0.15, -0.1) is 0 Å². The molecule has 0 saturated carbocycles. The van der Waals surface area contributed by atoms with Crippen molar-refractivity contribution in [3.8, 4) is 6.07 Å². The van der Waals surface area contributed by atoms with Crippen LogP contribution in [0.5, 0.6) is 0 Å². The van der Waals surface area contributed by atoms with Crippen LogP contribution in [0.4, 0.5) is 14.5 Å². The zero-order valence-electron chi connectivity index (χ0n) is 10.6. The zero-order chi connectivity index (χ0) is 14.7. The molecule has 0 aliphatic carbocycles. The molecular weight excluding hydrogens is 326 g/mol. The molecule has 0 radical (unpaired) electrons. The van der Waals surface area contributed by atoms with Crippen molar-refractivity contribution in [3.63, 3.8) is 0 Å². The van der Waals surface area contributed by atoms with E-state index in [9.17, 15) is 8.78 Å². The van der Waals surface area contributed by atoms with E-state index in [2.05, 4.69) is 21.2 Å². The van der Waals surface area contributed by atoms with Crippen LogP contribution in [0.3, 0.4) is 0 Å². The number of nitriles is 1. The molecule has 0 bridgehead atoms. The molecule has 5 heteroatoms. The Bertz CT molecular complexity index is 640. The average molecular weight is 337 g/mol. The summed E-state index contributed by atoms with van der Waals surface area (Å²) < 4.78 is 28.5. The number of hydrogen-bond donors (Lipinski definition) is 1. The molecule has 0 aromatic heterocycles. The van der Waals surface area contributed by atoms with Gasteiger partial charge in [-0.2, -0.15) is 5.26 Å². The van der Waals surface area contributed by atoms with Crippen molar-refractivity contribution in [1.82, 2.24) is 0 Å². The van der Waals surface area contributed by atoms with E-state index in [0.29, 0.717) is 0 Å². The van der Waals surface area contributed by atoms with Crippen LogP contribution in [0.2, 0.25) is 0 Å². The number of rotatable bonds is 3. The van der Waals surface area contributed by atoms with Gasteiger partial charge in [0.1, 0.15) is 5.69 Å². The standard InChI is InChI=1S/C15H11BrF2N2/c1-9(11-2-4-12(16)5-3-11)20-15-13(17)6-10(8-19)7-14(15)18/h2-7,9,20H,1H3. The summed E-state index contributed by atoms with van der Waals surface area (Å²) in [6, 6.07) is 10.9. The summed E-state index contributed by atoms with van der Waals surface area (Å²) in [5, 5.41) is 11.4. The lowest BCUT2D eigenvalue weighted by molar-refractivity contribution is 0.584. The predicted octanol–water partition coefficient (Wildman–Crippen LogP) is 4.77. The lowest BCUT2D eigenvalue weighted by atomic mass is 10.1. The average Bonchev–Trinajstić information content (AvgIpc) is 2.43. The van der Waals surface area contributed by atoms with Crippen LogP contribution < -0.4 is 5.32 Å². The molecule has 2 aromatic carbocycles. The van der Waals surface area contributed by atoms with Gasteiger partial charge in [0, 0.05) is 10.5 Å². The highest BCUT2D eigenvalue weighted by Gasteiger charge is 2.14. The maximum absolute atomic E-state index is 13.8. The van der Waals surface area contributed by atoms with E-state index in [4.69, 9.17) is 5.26 Å². The summed E-state index contributed by atoms with van der Waals surface area (Å²) in [4.78, 5) is 0. The molecule has 2 rings (SSSR count). The second-order valence-corrected chi connectivity index (χ2v) is 5.26. The minimum atomic E-state index is -0.773. The van der Waals surface area contributed by atoms with Crippen molar-refractivity contribution < 1.29 is 8.78 Å². The largest absolute Gasteiger partial charge is 0.374 e. The third-order valence-electron chi connectivity index (χ3n) is 2.90. The first-order valence-electron chi connectivity index (χ1n) is 5.92. The van der Waals surface area contributed by atoms with E-state index >= 15 is 0 Å². The molecule has 2 nitrogen and oxygen atoms in total. The maximum atomic E-state index is 13.8. The van der Waals surface area contributed by atoms with E-state index < -0.39 is 11.6 Å². The van der Waals surface area contributed by atoms with Crippen LogP contribution in [0.15, 0.2) is 40.9 Å². The highest BCUT2D eigenvalue weighted by Crippen LogP contribution is 2.26. The molecule has 0 aliphatic heterocycles. The first kappa shape index (κ1) is 14.5. The molecule has 0 amide bonds. The van der Waals surface area contributed by atoms with E-state index in [0.717, 1.165) is 22.2 Å². The topological polar surface area (TPSA) is 35.8 Å². The Kier molecular flexibility index (Phi) is 4.35. The van der Waals surface area contributed by atoms with Crippen molar-refractivity contribution >= 4 is 21.6 Å². The van der Waals surface area contributed by atoms with E-state index in [1.165, 1.54) is 0 Å². The normalized spacial score (nSPS) is 11.8. The molecule has 0 heterocycles. The quantitative estimate of drug-likeness (QED) is 0.876. The summed E-state index contributed by atoms with van der Waals surface area (Å²) in [5.41, 5.74) is 0.637. The van der Waals surface area contributed by atoms with Gasteiger partial charge in [0.15, 0.2) is 11.6 Å². The molecule has 102 valence electrons. The third-order valence-corrected chi connectivity index (χ3v) is 3.43. The molecule has 1 atom stereocenters. The maximum Gasteiger partial charge on any atom is 0.150 e. The number of benzene rings is 2. The molecular formula is C15H11BrF2N2. The number of nitrogens with zero attached hydrogens (tertiary/aromatic N) is 1. The minimum absolute atomic E-state index is 0.0400. The lowest BCUT2D eigenvalue weighted by Gasteiger charge is -2.17. The predicted molar refractivity (Wildman–Crippen MR) is 77.3 cm³/mol. The fourth-order valence-electron chi connectivity index (χ4n) is 1.83. The Balaban J connectivity index is 2.26. The van der Waals surface area contributed by atoms with Gasteiger partial charge >= 0.3 is 0 Å². The van der Waals surface area contributed by atoms with Gasteiger partial charge in [-0.25, -0.2) is 8.78 Å². The number of nitrogens with one attached hydrogen (secondary N) is 1. The van der Waals surface area contributed by atoms with Crippen molar-refractivity contribution in [2.45, 2.75) is 13.0 Å². The smallest absolute Gasteiger partial charge is 0.150 e. The zero-order valence-corrected chi connectivity index (χ0v) is 12.2. The lowest BCUT2D eigenvalue weighted by Crippen LogP contribution is -2.09. The van der Waals surface area contributed by atoms with Gasteiger partial charge in [-0.3, -0.25) is 0 Å². The minimum Gasteiger partial charge on any atom is -0.374 e. The van der Waals surface area contributed by atoms with Crippen LogP contribution in [0.25, 0.3) is 0 Å². The molecule has 20 heavy (non-hydrogen) atoms. The van der Waals surface area contributed by atoms with Gasteiger partial charge in [0.2, 0.25) is 0 Å². The number of anilines is 1. The molecule has 2 aromatic rings. The van der Waals surface area contributed by atoms with E-state index in [1.807, 2.05) is 24.3 Å². The van der Waals surface area contributed by atoms with Crippen molar-refractivity contribution in [2.75, 3.05) is 5.32 Å². The van der Waals surface area contributed by atoms with Gasteiger partial charge in [-0.05, 0) is 36.8 Å². The summed E-state index contributed by atoms with van der Waals surface area (Å²) >= 11 is 3.33. The van der Waals surface area contributed by atoms with Gasteiger partial charge in [0.05, 0.1) is 11.6 Å². The molecule has 1 N–H and O–H groups in total. The first-order chi connectivity index (χ1) is 9.51. The summed E-state index contributed by atoms with van der Waals surface area (Å²) in [6.07, 6.45) is 0. The second kappa shape index (κ2) is 6.02. The van der Waals surface area contributed by atoms with Crippen LogP contribution in [-0.4, -0.2) is 0 Å². The first-order valence-corrected chi connectivity index (χ1v) is 6.71. The van der Waals surface area contributed by atoms with Crippen LogP contribution in [0, 0.1) is 23.0 Å². The third kappa shape index (κ3) is 3.14. The van der Waals surface area contributed by atoms with Gasteiger partial charge < -0.3 is 5.32 Å². The Labute approximate surface area is 124 Å². The van der Waals surface area contributed by atoms with Crippen molar-refractivity contribution in [1.29, 1.82) is 5.26 Å². The fraction of sp³-hybridized carbons (Fsp3) is 0.133. The second-order valence-electron chi connectivity index (χ2n) is 4.34. The fourth-order valence-corrected chi connectivity index (χ4v) is 2.09. The van der Waals surface area contributed by atoms with Crippen LogP contribution in [0.1, 0.15) is 24.1 Å². The Morgan fingerprint density at radius 3 is 2.20 bits per heavy atom.